The van der Waals surface area contributed by atoms with Gasteiger partial charge >= 0.3 is 0 Å². The fraction of sp³-hybridized carbons (Fsp3) is 0.500. The van der Waals surface area contributed by atoms with Crippen molar-refractivity contribution in [3.05, 3.63) is 38.9 Å². The molecule has 0 amide bonds. The van der Waals surface area contributed by atoms with Crippen LogP contribution in [0.5, 0.6) is 0 Å². The summed E-state index contributed by atoms with van der Waals surface area (Å²) >= 11 is 11.7. The molecular weight excluding hydrogens is 261 g/mol. The first kappa shape index (κ1) is 14.3. The predicted molar refractivity (Wildman–Crippen MR) is 70.9 cm³/mol. The van der Waals surface area contributed by atoms with Gasteiger partial charge in [-0.3, -0.25) is 10.1 Å². The van der Waals surface area contributed by atoms with Crippen LogP contribution in [0, 0.1) is 16.0 Å². The van der Waals surface area contributed by atoms with Gasteiger partial charge in [0.1, 0.15) is 0 Å². The van der Waals surface area contributed by atoms with Gasteiger partial charge in [0, 0.05) is 23.0 Å². The highest BCUT2D eigenvalue weighted by atomic mass is 35.5. The van der Waals surface area contributed by atoms with Gasteiger partial charge < -0.3 is 0 Å². The molecule has 0 aliphatic rings. The number of benzene rings is 1. The van der Waals surface area contributed by atoms with Crippen molar-refractivity contribution < 1.29 is 4.92 Å². The van der Waals surface area contributed by atoms with Crippen molar-refractivity contribution in [1.82, 2.24) is 0 Å². The molecule has 0 saturated heterocycles. The molecule has 0 aliphatic carbocycles. The Bertz CT molecular complexity index is 392. The van der Waals surface area contributed by atoms with Crippen LogP contribution in [0.3, 0.4) is 0 Å². The first-order valence-electron chi connectivity index (χ1n) is 5.56. The van der Waals surface area contributed by atoms with Crippen LogP contribution in [0.1, 0.15) is 25.3 Å². The minimum Gasteiger partial charge on any atom is -0.258 e. The number of halogens is 2. The average Bonchev–Trinajstić information content (AvgIpc) is 2.29. The zero-order chi connectivity index (χ0) is 12.8. The van der Waals surface area contributed by atoms with Gasteiger partial charge in [-0.1, -0.05) is 24.9 Å². The number of nitrogens with zero attached hydrogens (tertiary/aromatic N) is 1. The first-order valence-corrected chi connectivity index (χ1v) is 6.47. The van der Waals surface area contributed by atoms with Gasteiger partial charge in [0.15, 0.2) is 0 Å². The van der Waals surface area contributed by atoms with Gasteiger partial charge in [0.2, 0.25) is 0 Å². The van der Waals surface area contributed by atoms with E-state index in [1.165, 1.54) is 6.07 Å². The number of rotatable bonds is 6. The lowest BCUT2D eigenvalue weighted by atomic mass is 9.99. The van der Waals surface area contributed by atoms with Crippen LogP contribution in [0.15, 0.2) is 18.2 Å². The van der Waals surface area contributed by atoms with Crippen LogP contribution in [0.25, 0.3) is 0 Å². The first-order chi connectivity index (χ1) is 8.06. The van der Waals surface area contributed by atoms with E-state index in [4.69, 9.17) is 23.2 Å². The molecule has 0 aliphatic heterocycles. The SMILES string of the molecule is CCC(CCl)CCc1cc(Cl)cc([N+](=O)[O-])c1. The molecule has 0 spiro atoms. The monoisotopic (exact) mass is 275 g/mol. The van der Waals surface area contributed by atoms with E-state index in [0.717, 1.165) is 24.8 Å². The third-order valence-electron chi connectivity index (χ3n) is 2.79. The van der Waals surface area contributed by atoms with Gasteiger partial charge in [0.25, 0.3) is 5.69 Å². The molecule has 5 heteroatoms. The highest BCUT2D eigenvalue weighted by molar-refractivity contribution is 6.30. The minimum absolute atomic E-state index is 0.0476. The summed E-state index contributed by atoms with van der Waals surface area (Å²) in [5.41, 5.74) is 0.944. The Hall–Kier alpha value is -0.800. The average molecular weight is 276 g/mol. The third-order valence-corrected chi connectivity index (χ3v) is 3.44. The van der Waals surface area contributed by atoms with Crippen LogP contribution in [-0.4, -0.2) is 10.8 Å². The smallest absolute Gasteiger partial charge is 0.258 e. The Kier molecular flexibility index (Phi) is 5.72. The summed E-state index contributed by atoms with van der Waals surface area (Å²) in [5, 5.41) is 11.1. The molecule has 0 N–H and O–H groups in total. The molecule has 0 fully saturated rings. The number of hydrogen-bond acceptors (Lipinski definition) is 2. The Balaban J connectivity index is 2.74. The predicted octanol–water partition coefficient (Wildman–Crippen LogP) is 4.45. The van der Waals surface area contributed by atoms with Crippen LogP contribution in [-0.2, 0) is 6.42 Å². The normalized spacial score (nSPS) is 12.4. The standard InChI is InChI=1S/C12H15Cl2NO2/c1-2-9(8-13)3-4-10-5-11(14)7-12(6-10)15(16)17/h5-7,9H,2-4,8H2,1H3. The summed E-state index contributed by atoms with van der Waals surface area (Å²) in [5.74, 6) is 1.08. The van der Waals surface area contributed by atoms with Crippen molar-refractivity contribution in [2.45, 2.75) is 26.2 Å². The molecule has 1 aromatic rings. The molecule has 1 atom stereocenters. The van der Waals surface area contributed by atoms with E-state index in [-0.39, 0.29) is 5.69 Å². The van der Waals surface area contributed by atoms with Crippen LogP contribution in [0.4, 0.5) is 5.69 Å². The molecule has 3 nitrogen and oxygen atoms in total. The zero-order valence-corrected chi connectivity index (χ0v) is 11.2. The molecule has 1 unspecified atom stereocenters. The zero-order valence-electron chi connectivity index (χ0n) is 9.66. The highest BCUT2D eigenvalue weighted by Crippen LogP contribution is 2.23. The van der Waals surface area contributed by atoms with Crippen LogP contribution in [0.2, 0.25) is 5.02 Å². The van der Waals surface area contributed by atoms with E-state index < -0.39 is 4.92 Å². The molecule has 0 bridgehead atoms. The minimum atomic E-state index is -0.422. The summed E-state index contributed by atoms with van der Waals surface area (Å²) in [6.07, 6.45) is 2.72. The molecule has 0 aromatic heterocycles. The van der Waals surface area contributed by atoms with Crippen molar-refractivity contribution in [2.75, 3.05) is 5.88 Å². The lowest BCUT2D eigenvalue weighted by Crippen LogP contribution is -2.02. The lowest BCUT2D eigenvalue weighted by Gasteiger charge is -2.10. The summed E-state index contributed by atoms with van der Waals surface area (Å²) in [4.78, 5) is 10.3. The molecule has 1 aromatic carbocycles. The topological polar surface area (TPSA) is 43.1 Å². The number of alkyl halides is 1. The van der Waals surface area contributed by atoms with Crippen molar-refractivity contribution in [2.24, 2.45) is 5.92 Å². The molecular formula is C12H15Cl2NO2. The quantitative estimate of drug-likeness (QED) is 0.437. The second-order valence-corrected chi connectivity index (χ2v) is 4.79. The fourth-order valence-corrected chi connectivity index (χ4v) is 2.27. The molecule has 1 rings (SSSR count). The van der Waals surface area contributed by atoms with Crippen molar-refractivity contribution in [1.29, 1.82) is 0 Å². The van der Waals surface area contributed by atoms with E-state index in [1.807, 2.05) is 0 Å². The largest absolute Gasteiger partial charge is 0.271 e. The molecule has 0 saturated carbocycles. The highest BCUT2D eigenvalue weighted by Gasteiger charge is 2.10. The summed E-state index contributed by atoms with van der Waals surface area (Å²) in [6.45, 7) is 2.09. The molecule has 0 radical (unpaired) electrons. The Morgan fingerprint density at radius 3 is 2.65 bits per heavy atom. The number of non-ortho nitro benzene ring substituents is 1. The van der Waals surface area contributed by atoms with Crippen molar-refractivity contribution >= 4 is 28.9 Å². The summed E-state index contributed by atoms with van der Waals surface area (Å²) in [6, 6.07) is 4.71. The van der Waals surface area contributed by atoms with Gasteiger partial charge in [-0.05, 0) is 30.4 Å². The van der Waals surface area contributed by atoms with Gasteiger partial charge in [-0.15, -0.1) is 11.6 Å². The second-order valence-electron chi connectivity index (χ2n) is 4.04. The second kappa shape index (κ2) is 6.82. The Labute approximate surface area is 111 Å². The molecule has 94 valence electrons. The van der Waals surface area contributed by atoms with E-state index in [1.54, 1.807) is 12.1 Å². The lowest BCUT2D eigenvalue weighted by molar-refractivity contribution is -0.384. The van der Waals surface area contributed by atoms with Gasteiger partial charge in [-0.25, -0.2) is 0 Å². The Morgan fingerprint density at radius 2 is 2.12 bits per heavy atom. The van der Waals surface area contributed by atoms with E-state index in [9.17, 15) is 10.1 Å². The number of nitro benzene ring substituents is 1. The third kappa shape index (κ3) is 4.52. The Morgan fingerprint density at radius 1 is 1.41 bits per heavy atom. The fourth-order valence-electron chi connectivity index (χ4n) is 1.64. The number of hydrogen-bond donors (Lipinski definition) is 0. The van der Waals surface area contributed by atoms with Crippen LogP contribution >= 0.6 is 23.2 Å². The van der Waals surface area contributed by atoms with E-state index in [2.05, 4.69) is 6.92 Å². The van der Waals surface area contributed by atoms with Gasteiger partial charge in [-0.2, -0.15) is 0 Å². The van der Waals surface area contributed by atoms with Crippen molar-refractivity contribution in [3.8, 4) is 0 Å². The maximum atomic E-state index is 10.7. The van der Waals surface area contributed by atoms with Gasteiger partial charge in [0.05, 0.1) is 4.92 Å². The summed E-state index contributed by atoms with van der Waals surface area (Å²) in [7, 11) is 0. The summed E-state index contributed by atoms with van der Waals surface area (Å²) < 4.78 is 0. The number of aryl methyl sites for hydroxylation is 1. The number of nitro groups is 1. The van der Waals surface area contributed by atoms with Crippen LogP contribution < -0.4 is 0 Å². The maximum Gasteiger partial charge on any atom is 0.271 e. The van der Waals surface area contributed by atoms with E-state index >= 15 is 0 Å². The molecule has 0 heterocycles. The van der Waals surface area contributed by atoms with E-state index in [0.29, 0.717) is 16.8 Å². The molecule has 17 heavy (non-hydrogen) atoms. The maximum absolute atomic E-state index is 10.7. The van der Waals surface area contributed by atoms with Crippen molar-refractivity contribution in [3.63, 3.8) is 0 Å².